The van der Waals surface area contributed by atoms with E-state index in [2.05, 4.69) is 16.9 Å². The number of ether oxygens (including phenoxy) is 3. The summed E-state index contributed by atoms with van der Waals surface area (Å²) >= 11 is 0. The zero-order valence-corrected chi connectivity index (χ0v) is 13.6. The van der Waals surface area contributed by atoms with Crippen LogP contribution in [0.1, 0.15) is 13.3 Å². The van der Waals surface area contributed by atoms with Gasteiger partial charge in [-0.25, -0.2) is 4.98 Å². The molecule has 0 aliphatic rings. The van der Waals surface area contributed by atoms with Crippen molar-refractivity contribution in [2.75, 3.05) is 20.8 Å². The summed E-state index contributed by atoms with van der Waals surface area (Å²) in [7, 11) is 3.29. The van der Waals surface area contributed by atoms with Gasteiger partial charge in [-0.1, -0.05) is 6.92 Å². The summed E-state index contributed by atoms with van der Waals surface area (Å²) in [5.74, 6) is 3.04. The Morgan fingerprint density at radius 3 is 2.61 bits per heavy atom. The molecule has 0 unspecified atom stereocenters. The van der Waals surface area contributed by atoms with Gasteiger partial charge in [0.2, 0.25) is 0 Å². The molecule has 0 fully saturated rings. The lowest BCUT2D eigenvalue weighted by Crippen LogP contribution is -1.98. The van der Waals surface area contributed by atoms with Crippen LogP contribution in [0.25, 0.3) is 22.4 Å². The molecular weight excluding hydrogens is 292 g/mol. The fourth-order valence-corrected chi connectivity index (χ4v) is 2.40. The highest BCUT2D eigenvalue weighted by Crippen LogP contribution is 2.32. The van der Waals surface area contributed by atoms with Gasteiger partial charge in [-0.15, -0.1) is 0 Å². The zero-order valence-electron chi connectivity index (χ0n) is 13.6. The molecule has 0 radical (unpaired) electrons. The molecule has 23 heavy (non-hydrogen) atoms. The van der Waals surface area contributed by atoms with E-state index in [9.17, 15) is 0 Å². The SMILES string of the molecule is CCCOc1cc(-c2nc3ccc(OC)cc3[nH]2)ccc1OC. The minimum Gasteiger partial charge on any atom is -0.497 e. The maximum Gasteiger partial charge on any atom is 0.161 e. The number of nitrogens with zero attached hydrogens (tertiary/aromatic N) is 1. The molecule has 120 valence electrons. The second-order valence-corrected chi connectivity index (χ2v) is 5.18. The van der Waals surface area contributed by atoms with E-state index in [1.165, 1.54) is 0 Å². The summed E-state index contributed by atoms with van der Waals surface area (Å²) < 4.78 is 16.4. The Labute approximate surface area is 135 Å². The molecule has 0 aliphatic carbocycles. The van der Waals surface area contributed by atoms with Crippen LogP contribution in [0, 0.1) is 0 Å². The third-order valence-electron chi connectivity index (χ3n) is 3.59. The first-order valence-electron chi connectivity index (χ1n) is 7.60. The molecule has 0 saturated heterocycles. The van der Waals surface area contributed by atoms with Crippen molar-refractivity contribution in [3.8, 4) is 28.6 Å². The molecule has 2 aromatic carbocycles. The van der Waals surface area contributed by atoms with Crippen LogP contribution in [-0.2, 0) is 0 Å². The lowest BCUT2D eigenvalue weighted by Gasteiger charge is -2.11. The highest BCUT2D eigenvalue weighted by molar-refractivity contribution is 5.81. The van der Waals surface area contributed by atoms with Crippen LogP contribution in [-0.4, -0.2) is 30.8 Å². The Morgan fingerprint density at radius 1 is 1.00 bits per heavy atom. The summed E-state index contributed by atoms with van der Waals surface area (Å²) in [4.78, 5) is 7.95. The van der Waals surface area contributed by atoms with E-state index in [-0.39, 0.29) is 0 Å². The molecule has 0 amide bonds. The monoisotopic (exact) mass is 312 g/mol. The van der Waals surface area contributed by atoms with E-state index in [4.69, 9.17) is 14.2 Å². The average Bonchev–Trinajstić information content (AvgIpc) is 3.02. The van der Waals surface area contributed by atoms with E-state index in [0.717, 1.165) is 46.1 Å². The Hall–Kier alpha value is -2.69. The normalized spacial score (nSPS) is 10.7. The third-order valence-corrected chi connectivity index (χ3v) is 3.59. The second-order valence-electron chi connectivity index (χ2n) is 5.18. The van der Waals surface area contributed by atoms with Gasteiger partial charge in [-0.3, -0.25) is 0 Å². The van der Waals surface area contributed by atoms with Gasteiger partial charge >= 0.3 is 0 Å². The second kappa shape index (κ2) is 6.60. The molecule has 5 heteroatoms. The van der Waals surface area contributed by atoms with Gasteiger partial charge in [0, 0.05) is 11.6 Å². The van der Waals surface area contributed by atoms with Crippen molar-refractivity contribution >= 4 is 11.0 Å². The first kappa shape index (κ1) is 15.2. The fourth-order valence-electron chi connectivity index (χ4n) is 2.40. The van der Waals surface area contributed by atoms with Crippen LogP contribution in [0.15, 0.2) is 36.4 Å². The molecule has 1 aromatic heterocycles. The van der Waals surface area contributed by atoms with Gasteiger partial charge in [0.25, 0.3) is 0 Å². The first-order valence-corrected chi connectivity index (χ1v) is 7.60. The Morgan fingerprint density at radius 2 is 1.87 bits per heavy atom. The minimum atomic E-state index is 0.650. The van der Waals surface area contributed by atoms with E-state index in [0.29, 0.717) is 6.61 Å². The maximum atomic E-state index is 5.76. The highest BCUT2D eigenvalue weighted by atomic mass is 16.5. The van der Waals surface area contributed by atoms with Gasteiger partial charge < -0.3 is 19.2 Å². The van der Waals surface area contributed by atoms with Crippen molar-refractivity contribution in [1.82, 2.24) is 9.97 Å². The van der Waals surface area contributed by atoms with Crippen LogP contribution in [0.2, 0.25) is 0 Å². The van der Waals surface area contributed by atoms with E-state index >= 15 is 0 Å². The molecule has 0 saturated carbocycles. The van der Waals surface area contributed by atoms with E-state index in [1.807, 2.05) is 36.4 Å². The predicted octanol–water partition coefficient (Wildman–Crippen LogP) is 4.04. The van der Waals surface area contributed by atoms with Gasteiger partial charge in [0.05, 0.1) is 31.9 Å². The number of hydrogen-bond acceptors (Lipinski definition) is 4. The van der Waals surface area contributed by atoms with Gasteiger partial charge in [0.15, 0.2) is 11.5 Å². The van der Waals surface area contributed by atoms with E-state index < -0.39 is 0 Å². The summed E-state index contributed by atoms with van der Waals surface area (Å²) in [5, 5.41) is 0. The molecule has 5 nitrogen and oxygen atoms in total. The number of aromatic nitrogens is 2. The largest absolute Gasteiger partial charge is 0.497 e. The van der Waals surface area contributed by atoms with Crippen molar-refractivity contribution in [2.45, 2.75) is 13.3 Å². The molecule has 0 bridgehead atoms. The van der Waals surface area contributed by atoms with Crippen molar-refractivity contribution < 1.29 is 14.2 Å². The van der Waals surface area contributed by atoms with Crippen LogP contribution in [0.3, 0.4) is 0 Å². The average molecular weight is 312 g/mol. The summed E-state index contributed by atoms with van der Waals surface area (Å²) in [6, 6.07) is 11.6. The van der Waals surface area contributed by atoms with E-state index in [1.54, 1.807) is 14.2 Å². The van der Waals surface area contributed by atoms with Crippen molar-refractivity contribution in [1.29, 1.82) is 0 Å². The number of nitrogens with one attached hydrogen (secondary N) is 1. The van der Waals surface area contributed by atoms with Crippen molar-refractivity contribution in [3.05, 3.63) is 36.4 Å². The molecule has 3 aromatic rings. The Balaban J connectivity index is 2.00. The maximum absolute atomic E-state index is 5.76. The highest BCUT2D eigenvalue weighted by Gasteiger charge is 2.11. The molecule has 0 aliphatic heterocycles. The molecule has 3 rings (SSSR count). The number of H-pyrrole nitrogens is 1. The van der Waals surface area contributed by atoms with Gasteiger partial charge in [0.1, 0.15) is 11.6 Å². The minimum absolute atomic E-state index is 0.650. The predicted molar refractivity (Wildman–Crippen MR) is 90.4 cm³/mol. The summed E-state index contributed by atoms with van der Waals surface area (Å²) in [6.45, 7) is 2.72. The third kappa shape index (κ3) is 3.08. The van der Waals surface area contributed by atoms with Crippen molar-refractivity contribution in [2.24, 2.45) is 0 Å². The molecule has 1 heterocycles. The lowest BCUT2D eigenvalue weighted by molar-refractivity contribution is 0.294. The molecule has 0 atom stereocenters. The topological polar surface area (TPSA) is 56.4 Å². The number of aromatic amines is 1. The molecule has 1 N–H and O–H groups in total. The summed E-state index contributed by atoms with van der Waals surface area (Å²) in [5.41, 5.74) is 2.78. The van der Waals surface area contributed by atoms with Crippen LogP contribution in [0.4, 0.5) is 0 Å². The number of benzene rings is 2. The number of rotatable bonds is 6. The number of imidazole rings is 1. The lowest BCUT2D eigenvalue weighted by atomic mass is 10.2. The Kier molecular flexibility index (Phi) is 4.37. The van der Waals surface area contributed by atoms with Gasteiger partial charge in [-0.05, 0) is 36.8 Å². The van der Waals surface area contributed by atoms with Crippen LogP contribution >= 0.6 is 0 Å². The quantitative estimate of drug-likeness (QED) is 0.746. The van der Waals surface area contributed by atoms with Gasteiger partial charge in [-0.2, -0.15) is 0 Å². The number of methoxy groups -OCH3 is 2. The number of fused-ring (bicyclic) bond motifs is 1. The van der Waals surface area contributed by atoms with Crippen LogP contribution in [0.5, 0.6) is 17.2 Å². The smallest absolute Gasteiger partial charge is 0.161 e. The zero-order chi connectivity index (χ0) is 16.2. The summed E-state index contributed by atoms with van der Waals surface area (Å²) in [6.07, 6.45) is 0.942. The fraction of sp³-hybridized carbons (Fsp3) is 0.278. The number of hydrogen-bond donors (Lipinski definition) is 1. The van der Waals surface area contributed by atoms with Crippen molar-refractivity contribution in [3.63, 3.8) is 0 Å². The standard InChI is InChI=1S/C18H20N2O3/c1-4-9-23-17-10-12(5-8-16(17)22-3)18-19-14-7-6-13(21-2)11-15(14)20-18/h5-8,10-11H,4,9H2,1-3H3,(H,19,20). The molecular formula is C18H20N2O3. The van der Waals surface area contributed by atoms with Crippen LogP contribution < -0.4 is 14.2 Å². The molecule has 0 spiro atoms. The first-order chi connectivity index (χ1) is 11.2. The Bertz CT molecular complexity index is 811.